The minimum atomic E-state index is -3.33. The summed E-state index contributed by atoms with van der Waals surface area (Å²) in [5.74, 6) is 0.155. The second kappa shape index (κ2) is 6.77. The molecule has 0 aromatic heterocycles. The highest BCUT2D eigenvalue weighted by molar-refractivity contribution is 7.88. The van der Waals surface area contributed by atoms with Crippen molar-refractivity contribution in [1.82, 2.24) is 9.62 Å². The highest BCUT2D eigenvalue weighted by Crippen LogP contribution is 2.28. The van der Waals surface area contributed by atoms with Crippen molar-refractivity contribution in [3.05, 3.63) is 34.9 Å². The van der Waals surface area contributed by atoms with Gasteiger partial charge >= 0.3 is 0 Å². The van der Waals surface area contributed by atoms with Gasteiger partial charge in [0, 0.05) is 30.6 Å². The molecule has 1 aromatic rings. The van der Waals surface area contributed by atoms with Crippen LogP contribution in [0.5, 0.6) is 0 Å². The van der Waals surface area contributed by atoms with Gasteiger partial charge < -0.3 is 5.32 Å². The molecule has 1 amide bonds. The first-order valence-electron chi connectivity index (χ1n) is 6.83. The van der Waals surface area contributed by atoms with Crippen molar-refractivity contribution in [2.45, 2.75) is 19.4 Å². The molecule has 116 valence electrons. The van der Waals surface area contributed by atoms with Crippen LogP contribution in [0.3, 0.4) is 0 Å². The van der Waals surface area contributed by atoms with Crippen LogP contribution in [0.2, 0.25) is 5.02 Å². The van der Waals surface area contributed by atoms with Crippen LogP contribution in [0, 0.1) is 5.92 Å². The molecule has 0 saturated heterocycles. The first-order chi connectivity index (χ1) is 9.86. The fraction of sp³-hybridized carbons (Fsp3) is 0.500. The molecule has 21 heavy (non-hydrogen) atoms. The summed E-state index contributed by atoms with van der Waals surface area (Å²) >= 11 is 5.81. The third kappa shape index (κ3) is 5.30. The van der Waals surface area contributed by atoms with Crippen molar-refractivity contribution >= 4 is 27.5 Å². The Balaban J connectivity index is 1.91. The van der Waals surface area contributed by atoms with Crippen LogP contribution in [0.1, 0.15) is 18.4 Å². The maximum atomic E-state index is 11.8. The number of hydrogen-bond acceptors (Lipinski definition) is 3. The van der Waals surface area contributed by atoms with E-state index in [0.29, 0.717) is 11.6 Å². The molecular formula is C14H19ClN2O3S. The zero-order valence-corrected chi connectivity index (χ0v) is 13.5. The van der Waals surface area contributed by atoms with Crippen molar-refractivity contribution in [2.75, 3.05) is 19.3 Å². The number of hydrogen-bond donors (Lipinski definition) is 1. The smallest absolute Gasteiger partial charge is 0.223 e. The molecule has 0 radical (unpaired) electrons. The van der Waals surface area contributed by atoms with E-state index in [1.165, 1.54) is 10.6 Å². The molecule has 1 aliphatic carbocycles. The third-order valence-corrected chi connectivity index (χ3v) is 4.85. The zero-order valence-electron chi connectivity index (χ0n) is 11.9. The summed E-state index contributed by atoms with van der Waals surface area (Å²) in [7, 11) is -3.33. The Morgan fingerprint density at radius 1 is 1.33 bits per heavy atom. The van der Waals surface area contributed by atoms with Gasteiger partial charge in [-0.05, 0) is 30.5 Å². The summed E-state index contributed by atoms with van der Waals surface area (Å²) in [6, 6.07) is 7.05. The minimum Gasteiger partial charge on any atom is -0.355 e. The van der Waals surface area contributed by atoms with Crippen molar-refractivity contribution in [3.63, 3.8) is 0 Å². The predicted molar refractivity (Wildman–Crippen MR) is 82.4 cm³/mol. The molecular weight excluding hydrogens is 312 g/mol. The van der Waals surface area contributed by atoms with Gasteiger partial charge in [0.2, 0.25) is 15.9 Å². The topological polar surface area (TPSA) is 66.5 Å². The summed E-state index contributed by atoms with van der Waals surface area (Å²) in [5, 5.41) is 3.39. The Labute approximate surface area is 130 Å². The van der Waals surface area contributed by atoms with E-state index in [1.807, 2.05) is 0 Å². The molecule has 2 rings (SSSR count). The number of rotatable bonds is 7. The number of nitrogens with zero attached hydrogens (tertiary/aromatic N) is 1. The average Bonchev–Trinajstić information content (AvgIpc) is 3.23. The van der Waals surface area contributed by atoms with Crippen molar-refractivity contribution in [2.24, 2.45) is 5.92 Å². The highest BCUT2D eigenvalue weighted by Gasteiger charge is 2.29. The monoisotopic (exact) mass is 330 g/mol. The fourth-order valence-electron chi connectivity index (χ4n) is 1.95. The Morgan fingerprint density at radius 2 is 1.95 bits per heavy atom. The van der Waals surface area contributed by atoms with Gasteiger partial charge in [-0.15, -0.1) is 0 Å². The largest absolute Gasteiger partial charge is 0.355 e. The summed E-state index contributed by atoms with van der Waals surface area (Å²) in [6.07, 6.45) is 3.05. The summed E-state index contributed by atoms with van der Waals surface area (Å²) < 4.78 is 25.0. The molecule has 0 spiro atoms. The molecule has 1 fully saturated rings. The average molecular weight is 331 g/mol. The maximum absolute atomic E-state index is 11.8. The number of carbonyl (C=O) groups is 1. The van der Waals surface area contributed by atoms with Gasteiger partial charge in [-0.3, -0.25) is 4.79 Å². The van der Waals surface area contributed by atoms with Crippen LogP contribution in [-0.4, -0.2) is 38.0 Å². The third-order valence-electron chi connectivity index (χ3n) is 3.35. The van der Waals surface area contributed by atoms with Gasteiger partial charge in [0.05, 0.1) is 6.26 Å². The zero-order chi connectivity index (χ0) is 15.5. The van der Waals surface area contributed by atoms with Crippen molar-refractivity contribution in [3.8, 4) is 0 Å². The SMILES string of the molecule is CS(=O)(=O)N(CCNC(=O)C1CC1)Cc1ccc(Cl)cc1. The van der Waals surface area contributed by atoms with E-state index >= 15 is 0 Å². The second-order valence-corrected chi connectivity index (χ2v) is 7.71. The van der Waals surface area contributed by atoms with Gasteiger partial charge in [0.25, 0.3) is 0 Å². The lowest BCUT2D eigenvalue weighted by Crippen LogP contribution is -2.38. The van der Waals surface area contributed by atoms with Crippen LogP contribution < -0.4 is 5.32 Å². The van der Waals surface area contributed by atoms with Crippen molar-refractivity contribution < 1.29 is 13.2 Å². The maximum Gasteiger partial charge on any atom is 0.223 e. The molecule has 1 aliphatic rings. The number of halogens is 1. The van der Waals surface area contributed by atoms with Crippen molar-refractivity contribution in [1.29, 1.82) is 0 Å². The van der Waals surface area contributed by atoms with E-state index in [2.05, 4.69) is 5.32 Å². The van der Waals surface area contributed by atoms with E-state index in [-0.39, 0.29) is 24.9 Å². The summed E-state index contributed by atoms with van der Waals surface area (Å²) in [5.41, 5.74) is 0.860. The molecule has 1 N–H and O–H groups in total. The summed E-state index contributed by atoms with van der Waals surface area (Å²) in [6.45, 7) is 0.866. The Morgan fingerprint density at radius 3 is 2.48 bits per heavy atom. The molecule has 5 nitrogen and oxygen atoms in total. The van der Waals surface area contributed by atoms with Gasteiger partial charge in [-0.25, -0.2) is 8.42 Å². The standard InChI is InChI=1S/C14H19ClN2O3S/c1-21(19,20)17(9-8-16-14(18)12-4-5-12)10-11-2-6-13(15)7-3-11/h2-3,6-7,12H,4-5,8-10H2,1H3,(H,16,18). The van der Waals surface area contributed by atoms with E-state index in [1.54, 1.807) is 24.3 Å². The van der Waals surface area contributed by atoms with Crippen LogP contribution in [0.25, 0.3) is 0 Å². The van der Waals surface area contributed by atoms with Crippen LogP contribution >= 0.6 is 11.6 Å². The van der Waals surface area contributed by atoms with Crippen LogP contribution in [0.15, 0.2) is 24.3 Å². The second-order valence-electron chi connectivity index (χ2n) is 5.29. The number of amides is 1. The first kappa shape index (κ1) is 16.3. The molecule has 1 saturated carbocycles. The Hall–Kier alpha value is -1.11. The van der Waals surface area contributed by atoms with Crippen LogP contribution in [0.4, 0.5) is 0 Å². The van der Waals surface area contributed by atoms with E-state index in [0.717, 1.165) is 18.4 Å². The van der Waals surface area contributed by atoms with Gasteiger partial charge in [-0.1, -0.05) is 23.7 Å². The molecule has 0 atom stereocenters. The van der Waals surface area contributed by atoms with Gasteiger partial charge in [0.1, 0.15) is 0 Å². The van der Waals surface area contributed by atoms with Crippen LogP contribution in [-0.2, 0) is 21.4 Å². The molecule has 0 bridgehead atoms. The van der Waals surface area contributed by atoms with Gasteiger partial charge in [-0.2, -0.15) is 4.31 Å². The summed E-state index contributed by atoms with van der Waals surface area (Å²) in [4.78, 5) is 11.5. The quantitative estimate of drug-likeness (QED) is 0.826. The fourth-order valence-corrected chi connectivity index (χ4v) is 2.88. The number of carbonyl (C=O) groups excluding carboxylic acids is 1. The number of sulfonamides is 1. The van der Waals surface area contributed by atoms with E-state index < -0.39 is 10.0 Å². The number of benzene rings is 1. The molecule has 0 aliphatic heterocycles. The molecule has 7 heteroatoms. The number of nitrogens with one attached hydrogen (secondary N) is 1. The molecule has 0 heterocycles. The first-order valence-corrected chi connectivity index (χ1v) is 9.06. The Kier molecular flexibility index (Phi) is 5.24. The predicted octanol–water partition coefficient (Wildman–Crippen LogP) is 1.63. The van der Waals surface area contributed by atoms with Gasteiger partial charge in [0.15, 0.2) is 0 Å². The lowest BCUT2D eigenvalue weighted by atomic mass is 10.2. The molecule has 1 aromatic carbocycles. The lowest BCUT2D eigenvalue weighted by Gasteiger charge is -2.20. The molecule has 0 unspecified atom stereocenters. The van der Waals surface area contributed by atoms with E-state index in [9.17, 15) is 13.2 Å². The normalized spacial score (nSPS) is 15.2. The van der Waals surface area contributed by atoms with E-state index in [4.69, 9.17) is 11.6 Å². The lowest BCUT2D eigenvalue weighted by molar-refractivity contribution is -0.122. The minimum absolute atomic E-state index is 0.0231. The Bertz CT molecular complexity index is 597. The highest BCUT2D eigenvalue weighted by atomic mass is 35.5.